The molecule has 6 nitrogen and oxygen atoms in total. The highest BCUT2D eigenvalue weighted by Crippen LogP contribution is 2.24. The highest BCUT2D eigenvalue weighted by atomic mass is 79.9. The lowest BCUT2D eigenvalue weighted by molar-refractivity contribution is -0.116. The Labute approximate surface area is 136 Å². The lowest BCUT2D eigenvalue weighted by Crippen LogP contribution is -2.29. The summed E-state index contributed by atoms with van der Waals surface area (Å²) in [6.07, 6.45) is 7.02. The molecule has 0 bridgehead atoms. The van der Waals surface area contributed by atoms with Crippen molar-refractivity contribution in [1.82, 2.24) is 19.4 Å². The number of fused-ring (bicyclic) bond motifs is 1. The van der Waals surface area contributed by atoms with Gasteiger partial charge in [0.05, 0.1) is 18.4 Å². The fraction of sp³-hybridized carbons (Fsp3) is 0.200. The molecule has 0 spiro atoms. The molecule has 0 N–H and O–H groups in total. The molecule has 112 valence electrons. The van der Waals surface area contributed by atoms with Gasteiger partial charge in [0.25, 0.3) is 0 Å². The van der Waals surface area contributed by atoms with Gasteiger partial charge < -0.3 is 0 Å². The zero-order chi connectivity index (χ0) is 15.7. The van der Waals surface area contributed by atoms with Crippen molar-refractivity contribution in [2.45, 2.75) is 20.4 Å². The van der Waals surface area contributed by atoms with E-state index in [9.17, 15) is 4.79 Å². The summed E-state index contributed by atoms with van der Waals surface area (Å²) in [7, 11) is 0. The Morgan fingerprint density at radius 2 is 2.23 bits per heavy atom. The van der Waals surface area contributed by atoms with Crippen LogP contribution in [0.25, 0.3) is 5.65 Å². The van der Waals surface area contributed by atoms with Gasteiger partial charge in [-0.15, -0.1) is 0 Å². The smallest absolute Gasteiger partial charge is 0.225 e. The first-order chi connectivity index (χ1) is 10.6. The van der Waals surface area contributed by atoms with Crippen LogP contribution in [-0.4, -0.2) is 25.3 Å². The van der Waals surface area contributed by atoms with Crippen molar-refractivity contribution < 1.29 is 4.79 Å². The van der Waals surface area contributed by atoms with E-state index in [0.717, 1.165) is 15.9 Å². The van der Waals surface area contributed by atoms with E-state index in [4.69, 9.17) is 0 Å². The molecular weight excluding hydrogens is 346 g/mol. The van der Waals surface area contributed by atoms with Gasteiger partial charge in [-0.1, -0.05) is 6.07 Å². The predicted octanol–water partition coefficient (Wildman–Crippen LogP) is 2.75. The normalized spacial score (nSPS) is 10.9. The maximum atomic E-state index is 12.1. The van der Waals surface area contributed by atoms with Crippen LogP contribution >= 0.6 is 15.9 Å². The van der Waals surface area contributed by atoms with E-state index in [1.807, 2.05) is 29.7 Å². The summed E-state index contributed by atoms with van der Waals surface area (Å²) in [5.41, 5.74) is 2.37. The first-order valence-electron chi connectivity index (χ1n) is 6.73. The first kappa shape index (κ1) is 14.6. The summed E-state index contributed by atoms with van der Waals surface area (Å²) >= 11 is 3.45. The second-order valence-electron chi connectivity index (χ2n) is 4.95. The molecule has 0 atom stereocenters. The minimum Gasteiger partial charge on any atom is -0.289 e. The number of pyridine rings is 1. The molecule has 0 unspecified atom stereocenters. The van der Waals surface area contributed by atoms with Crippen molar-refractivity contribution in [3.63, 3.8) is 0 Å². The van der Waals surface area contributed by atoms with Gasteiger partial charge in [0.15, 0.2) is 11.5 Å². The van der Waals surface area contributed by atoms with E-state index in [0.29, 0.717) is 18.0 Å². The van der Waals surface area contributed by atoms with Crippen LogP contribution in [0.5, 0.6) is 0 Å². The number of carbonyl (C=O) groups excluding carboxylic acids is 1. The SMILES string of the molecule is CC(=O)N(Cc1cccnc1)c1nc(C)cn2c(Br)cnc12. The number of halogens is 1. The standard InChI is InChI=1S/C15H14BrN5O/c1-10-8-21-13(16)7-18-14(21)15(19-10)20(11(2)22)9-12-4-3-5-17-6-12/h3-8H,9H2,1-2H3. The summed E-state index contributed by atoms with van der Waals surface area (Å²) in [6, 6.07) is 3.77. The molecule has 3 rings (SSSR count). The largest absolute Gasteiger partial charge is 0.289 e. The molecule has 1 amide bonds. The lowest BCUT2D eigenvalue weighted by Gasteiger charge is -2.21. The molecular formula is C15H14BrN5O. The summed E-state index contributed by atoms with van der Waals surface area (Å²) in [4.78, 5) is 26.7. The minimum atomic E-state index is -0.0945. The molecule has 3 heterocycles. The Morgan fingerprint density at radius 1 is 1.41 bits per heavy atom. The Bertz CT molecular complexity index is 831. The molecule has 0 saturated carbocycles. The second kappa shape index (κ2) is 5.84. The van der Waals surface area contributed by atoms with Crippen LogP contribution in [-0.2, 0) is 11.3 Å². The number of hydrogen-bond donors (Lipinski definition) is 0. The van der Waals surface area contributed by atoms with E-state index < -0.39 is 0 Å². The molecule has 0 aliphatic carbocycles. The average molecular weight is 360 g/mol. The van der Waals surface area contributed by atoms with Crippen molar-refractivity contribution in [2.75, 3.05) is 4.90 Å². The molecule has 0 radical (unpaired) electrons. The maximum Gasteiger partial charge on any atom is 0.225 e. The summed E-state index contributed by atoms with van der Waals surface area (Å²) < 4.78 is 2.69. The van der Waals surface area contributed by atoms with Crippen molar-refractivity contribution >= 4 is 33.3 Å². The maximum absolute atomic E-state index is 12.1. The third kappa shape index (κ3) is 2.71. The number of hydrogen-bond acceptors (Lipinski definition) is 4. The van der Waals surface area contributed by atoms with E-state index in [-0.39, 0.29) is 5.91 Å². The fourth-order valence-electron chi connectivity index (χ4n) is 2.25. The summed E-state index contributed by atoms with van der Waals surface area (Å²) in [5, 5.41) is 0. The van der Waals surface area contributed by atoms with Crippen LogP contribution in [0.2, 0.25) is 0 Å². The fourth-order valence-corrected chi connectivity index (χ4v) is 2.62. The summed E-state index contributed by atoms with van der Waals surface area (Å²) in [6.45, 7) is 3.81. The van der Waals surface area contributed by atoms with Gasteiger partial charge in [-0.2, -0.15) is 0 Å². The van der Waals surface area contributed by atoms with Gasteiger partial charge in [0, 0.05) is 25.5 Å². The zero-order valence-corrected chi connectivity index (χ0v) is 13.8. The number of nitrogens with zero attached hydrogens (tertiary/aromatic N) is 5. The quantitative estimate of drug-likeness (QED) is 0.721. The van der Waals surface area contributed by atoms with Crippen LogP contribution < -0.4 is 4.90 Å². The Balaban J connectivity index is 2.11. The number of imidazole rings is 1. The van der Waals surface area contributed by atoms with Gasteiger partial charge in [0.1, 0.15) is 4.60 Å². The number of anilines is 1. The van der Waals surface area contributed by atoms with E-state index in [1.165, 1.54) is 6.92 Å². The van der Waals surface area contributed by atoms with Crippen LogP contribution in [0, 0.1) is 6.92 Å². The monoisotopic (exact) mass is 359 g/mol. The predicted molar refractivity (Wildman–Crippen MR) is 86.5 cm³/mol. The Hall–Kier alpha value is -2.28. The molecule has 3 aromatic heterocycles. The van der Waals surface area contributed by atoms with Crippen LogP contribution in [0.15, 0.2) is 41.5 Å². The second-order valence-corrected chi connectivity index (χ2v) is 5.76. The van der Waals surface area contributed by atoms with E-state index in [1.54, 1.807) is 23.5 Å². The van der Waals surface area contributed by atoms with Gasteiger partial charge in [-0.3, -0.25) is 19.1 Å². The topological polar surface area (TPSA) is 63.4 Å². The van der Waals surface area contributed by atoms with E-state index >= 15 is 0 Å². The number of aryl methyl sites for hydroxylation is 1. The minimum absolute atomic E-state index is 0.0945. The highest BCUT2D eigenvalue weighted by molar-refractivity contribution is 9.10. The van der Waals surface area contributed by atoms with Crippen molar-refractivity contribution in [3.05, 3.63) is 52.8 Å². The van der Waals surface area contributed by atoms with Gasteiger partial charge in [-0.25, -0.2) is 9.97 Å². The van der Waals surface area contributed by atoms with Crippen molar-refractivity contribution in [1.29, 1.82) is 0 Å². The number of aromatic nitrogens is 4. The van der Waals surface area contributed by atoms with Gasteiger partial charge in [-0.05, 0) is 34.5 Å². The number of amides is 1. The third-order valence-corrected chi connectivity index (χ3v) is 3.84. The molecule has 7 heteroatoms. The van der Waals surface area contributed by atoms with E-state index in [2.05, 4.69) is 30.9 Å². The number of rotatable bonds is 3. The van der Waals surface area contributed by atoms with Crippen molar-refractivity contribution in [2.24, 2.45) is 0 Å². The molecule has 0 fully saturated rings. The average Bonchev–Trinajstić information content (AvgIpc) is 2.86. The zero-order valence-electron chi connectivity index (χ0n) is 12.2. The van der Waals surface area contributed by atoms with Crippen LogP contribution in [0.3, 0.4) is 0 Å². The molecule has 0 aliphatic heterocycles. The van der Waals surface area contributed by atoms with Crippen LogP contribution in [0.4, 0.5) is 5.82 Å². The molecule has 0 saturated heterocycles. The third-order valence-electron chi connectivity index (χ3n) is 3.25. The molecule has 0 aliphatic rings. The first-order valence-corrected chi connectivity index (χ1v) is 7.53. The lowest BCUT2D eigenvalue weighted by atomic mass is 10.2. The van der Waals surface area contributed by atoms with Crippen molar-refractivity contribution in [3.8, 4) is 0 Å². The molecule has 22 heavy (non-hydrogen) atoms. The molecule has 0 aromatic carbocycles. The Kier molecular flexibility index (Phi) is 3.89. The number of carbonyl (C=O) groups is 1. The van der Waals surface area contributed by atoms with Gasteiger partial charge in [0.2, 0.25) is 5.91 Å². The highest BCUT2D eigenvalue weighted by Gasteiger charge is 2.19. The Morgan fingerprint density at radius 3 is 2.91 bits per heavy atom. The molecule has 3 aromatic rings. The summed E-state index contributed by atoms with van der Waals surface area (Å²) in [5.74, 6) is 0.449. The van der Waals surface area contributed by atoms with Crippen LogP contribution in [0.1, 0.15) is 18.2 Å². The van der Waals surface area contributed by atoms with Gasteiger partial charge >= 0.3 is 0 Å².